The largest absolute Gasteiger partial charge is 0.493 e. The van der Waals surface area contributed by atoms with Crippen LogP contribution in [0.25, 0.3) is 0 Å². The monoisotopic (exact) mass is 487 g/mol. The molecule has 0 saturated carbocycles. The minimum absolute atomic E-state index is 0.0291. The van der Waals surface area contributed by atoms with E-state index in [1.165, 1.54) is 22.5 Å². The predicted octanol–water partition coefficient (Wildman–Crippen LogP) is 3.21. The molecule has 184 valence electrons. The van der Waals surface area contributed by atoms with Crippen LogP contribution in [0.15, 0.2) is 53.9 Å². The summed E-state index contributed by atoms with van der Waals surface area (Å²) in [6, 6.07) is 9.41. The van der Waals surface area contributed by atoms with E-state index in [4.69, 9.17) is 9.47 Å². The van der Waals surface area contributed by atoms with Gasteiger partial charge in [-0.3, -0.25) is 4.31 Å². The Labute approximate surface area is 201 Å². The van der Waals surface area contributed by atoms with Crippen LogP contribution in [0.5, 0.6) is 5.75 Å². The molecule has 0 unspecified atom stereocenters. The Balaban J connectivity index is 1.67. The quantitative estimate of drug-likeness (QED) is 0.555. The number of hydrogen-bond donors (Lipinski definition) is 2. The Morgan fingerprint density at radius 2 is 1.97 bits per heavy atom. The van der Waals surface area contributed by atoms with Gasteiger partial charge >= 0.3 is 0 Å². The number of ether oxygens (including phenoxy) is 2. The number of anilines is 1. The summed E-state index contributed by atoms with van der Waals surface area (Å²) in [5.41, 5.74) is 2.81. The van der Waals surface area contributed by atoms with Crippen LogP contribution in [0.3, 0.4) is 0 Å². The third-order valence-electron chi connectivity index (χ3n) is 6.70. The predicted molar refractivity (Wildman–Crippen MR) is 131 cm³/mol. The van der Waals surface area contributed by atoms with Crippen LogP contribution in [0.1, 0.15) is 36.5 Å². The van der Waals surface area contributed by atoms with Crippen LogP contribution in [-0.2, 0) is 34.2 Å². The van der Waals surface area contributed by atoms with E-state index in [0.29, 0.717) is 49.2 Å². The topological polar surface area (TPSA) is 96.3 Å². The van der Waals surface area contributed by atoms with Crippen LogP contribution in [0.2, 0.25) is 0 Å². The molecule has 2 N–H and O–H groups in total. The van der Waals surface area contributed by atoms with Crippen molar-refractivity contribution < 1.29 is 28.1 Å². The fraction of sp³-hybridized carbons (Fsp3) is 0.462. The molecular formula is C26H33NO6S. The second-order valence-corrected chi connectivity index (χ2v) is 10.7. The lowest BCUT2D eigenvalue weighted by Gasteiger charge is -2.39. The highest BCUT2D eigenvalue weighted by Crippen LogP contribution is 2.37. The summed E-state index contributed by atoms with van der Waals surface area (Å²) in [5, 5.41) is 20.7. The van der Waals surface area contributed by atoms with E-state index in [2.05, 4.69) is 6.58 Å². The molecule has 2 aromatic rings. The number of aryl methyl sites for hydroxylation is 1. The van der Waals surface area contributed by atoms with E-state index in [-0.39, 0.29) is 11.5 Å². The van der Waals surface area contributed by atoms with E-state index in [1.54, 1.807) is 12.1 Å². The van der Waals surface area contributed by atoms with Gasteiger partial charge in [0.15, 0.2) is 0 Å². The van der Waals surface area contributed by atoms with Gasteiger partial charge in [-0.2, -0.15) is 0 Å². The lowest BCUT2D eigenvalue weighted by atomic mass is 9.93. The fourth-order valence-electron chi connectivity index (χ4n) is 4.66. The Morgan fingerprint density at radius 3 is 2.65 bits per heavy atom. The smallest absolute Gasteiger partial charge is 0.264 e. The highest BCUT2D eigenvalue weighted by molar-refractivity contribution is 7.92. The molecule has 0 aromatic heterocycles. The number of aliphatic hydroxyl groups excluding tert-OH is 2. The summed E-state index contributed by atoms with van der Waals surface area (Å²) in [5.74, 6) is 0.844. The number of aliphatic hydroxyl groups is 2. The molecule has 2 aliphatic rings. The van der Waals surface area contributed by atoms with E-state index in [1.807, 2.05) is 19.1 Å². The number of sulfonamides is 1. The van der Waals surface area contributed by atoms with Gasteiger partial charge in [-0.15, -0.1) is 6.58 Å². The zero-order chi connectivity index (χ0) is 24.3. The Morgan fingerprint density at radius 1 is 1.21 bits per heavy atom. The number of benzene rings is 2. The summed E-state index contributed by atoms with van der Waals surface area (Å²) >= 11 is 0. The van der Waals surface area contributed by atoms with Gasteiger partial charge in [0.1, 0.15) is 5.75 Å². The summed E-state index contributed by atoms with van der Waals surface area (Å²) in [6.45, 7) is 7.38. The van der Waals surface area contributed by atoms with Gasteiger partial charge in [0.2, 0.25) is 0 Å². The van der Waals surface area contributed by atoms with E-state index in [0.717, 1.165) is 30.4 Å². The second-order valence-electron chi connectivity index (χ2n) is 8.91. The molecule has 0 bridgehead atoms. The highest BCUT2D eigenvalue weighted by Gasteiger charge is 2.39. The van der Waals surface area contributed by atoms with Crippen molar-refractivity contribution in [2.24, 2.45) is 5.92 Å². The molecule has 1 fully saturated rings. The maximum absolute atomic E-state index is 13.8. The molecule has 2 atom stereocenters. The zero-order valence-corrected chi connectivity index (χ0v) is 20.3. The Hall–Kier alpha value is -2.39. The Bertz CT molecular complexity index is 1130. The lowest BCUT2D eigenvalue weighted by Crippen LogP contribution is -2.50. The van der Waals surface area contributed by atoms with Gasteiger partial charge in [-0.25, -0.2) is 8.42 Å². The first-order chi connectivity index (χ1) is 16.4. The van der Waals surface area contributed by atoms with Crippen molar-refractivity contribution >= 4 is 15.7 Å². The molecule has 0 radical (unpaired) electrons. The minimum atomic E-state index is -4.06. The molecule has 0 spiro atoms. The van der Waals surface area contributed by atoms with Gasteiger partial charge in [-0.1, -0.05) is 25.1 Å². The van der Waals surface area contributed by atoms with Crippen molar-refractivity contribution in [3.63, 3.8) is 0 Å². The molecule has 7 nitrogen and oxygen atoms in total. The maximum Gasteiger partial charge on any atom is 0.264 e. The number of hydrogen-bond acceptors (Lipinski definition) is 6. The fourth-order valence-corrected chi connectivity index (χ4v) is 6.40. The second kappa shape index (κ2) is 10.5. The molecule has 34 heavy (non-hydrogen) atoms. The molecule has 0 aliphatic carbocycles. The van der Waals surface area contributed by atoms with Gasteiger partial charge < -0.3 is 19.7 Å². The number of nitrogens with zero attached hydrogens (tertiary/aromatic N) is 1. The third kappa shape index (κ3) is 4.86. The van der Waals surface area contributed by atoms with Gasteiger partial charge in [0, 0.05) is 25.2 Å². The van der Waals surface area contributed by atoms with Gasteiger partial charge in [-0.05, 0) is 60.6 Å². The molecule has 8 heteroatoms. The maximum atomic E-state index is 13.8. The molecule has 2 aromatic carbocycles. The van der Waals surface area contributed by atoms with E-state index in [9.17, 15) is 18.6 Å². The molecule has 4 rings (SSSR count). The van der Waals surface area contributed by atoms with E-state index >= 15 is 0 Å². The van der Waals surface area contributed by atoms with Crippen molar-refractivity contribution in [2.75, 3.05) is 24.1 Å². The summed E-state index contributed by atoms with van der Waals surface area (Å²) < 4.78 is 40.2. The van der Waals surface area contributed by atoms with Gasteiger partial charge in [0.05, 0.1) is 35.9 Å². The van der Waals surface area contributed by atoms with Crippen molar-refractivity contribution in [3.05, 3.63) is 65.7 Å². The van der Waals surface area contributed by atoms with Crippen LogP contribution >= 0.6 is 0 Å². The molecule has 0 amide bonds. The van der Waals surface area contributed by atoms with E-state index < -0.39 is 22.2 Å². The molecule has 2 aliphatic heterocycles. The van der Waals surface area contributed by atoms with Crippen LogP contribution < -0.4 is 9.04 Å². The van der Waals surface area contributed by atoms with Crippen molar-refractivity contribution in [1.82, 2.24) is 0 Å². The number of rotatable bonds is 8. The van der Waals surface area contributed by atoms with Gasteiger partial charge in [0.25, 0.3) is 10.0 Å². The van der Waals surface area contributed by atoms with Crippen LogP contribution in [-0.4, -0.2) is 50.6 Å². The van der Waals surface area contributed by atoms with Crippen molar-refractivity contribution in [3.8, 4) is 5.75 Å². The first-order valence-electron chi connectivity index (χ1n) is 11.8. The first-order valence-corrected chi connectivity index (χ1v) is 13.2. The molecular weight excluding hydrogens is 454 g/mol. The van der Waals surface area contributed by atoms with Crippen molar-refractivity contribution in [1.29, 1.82) is 0 Å². The summed E-state index contributed by atoms with van der Waals surface area (Å²) in [4.78, 5) is 0.0291. The number of fused-ring (bicyclic) bond motifs is 1. The SMILES string of the molecule is C=C[C@H]1[C@H](O)Cc2cc(CC)ccc2N1S(=O)(=O)c1ccc(OCC2CCOCC2)c(CO)c1. The molecule has 2 heterocycles. The average Bonchev–Trinajstić information content (AvgIpc) is 2.86. The molecule has 1 saturated heterocycles. The zero-order valence-electron chi connectivity index (χ0n) is 19.5. The lowest BCUT2D eigenvalue weighted by molar-refractivity contribution is 0.0494. The summed E-state index contributed by atoms with van der Waals surface area (Å²) in [6.07, 6.45) is 3.56. The van der Waals surface area contributed by atoms with Crippen LogP contribution in [0.4, 0.5) is 5.69 Å². The standard InChI is InChI=1S/C26H33NO6S/c1-3-18-5-7-24-20(13-18)15-25(29)23(4-2)27(24)34(30,31)22-6-8-26(21(14-22)16-28)33-17-19-9-11-32-12-10-19/h4-8,13-14,19,23,25,28-29H,2-3,9-12,15-17H2,1H3/t23-,25+/m0/s1. The van der Waals surface area contributed by atoms with Crippen molar-refractivity contribution in [2.45, 2.75) is 56.3 Å². The van der Waals surface area contributed by atoms with Crippen LogP contribution in [0, 0.1) is 5.92 Å². The Kier molecular flexibility index (Phi) is 7.62. The average molecular weight is 488 g/mol. The highest BCUT2D eigenvalue weighted by atomic mass is 32.2. The first kappa shape index (κ1) is 24.7. The minimum Gasteiger partial charge on any atom is -0.493 e. The normalized spacial score (nSPS) is 21.2. The summed E-state index contributed by atoms with van der Waals surface area (Å²) in [7, 11) is -4.06. The third-order valence-corrected chi connectivity index (χ3v) is 8.51.